The van der Waals surface area contributed by atoms with Gasteiger partial charge in [-0.2, -0.15) is 0 Å². The molecule has 0 amide bonds. The molecule has 0 radical (unpaired) electrons. The molecular weight excluding hydrogens is 224 g/mol. The fraction of sp³-hybridized carbons (Fsp3) is 0.0714. The maximum Gasteiger partial charge on any atom is 0.151 e. The highest BCUT2D eigenvalue weighted by atomic mass is 15.7. The number of aliphatic imine (C=N–C) groups is 1. The second-order valence-corrected chi connectivity index (χ2v) is 4.12. The number of benzene rings is 2. The summed E-state index contributed by atoms with van der Waals surface area (Å²) in [5.74, 6) is 0.845. The highest BCUT2D eigenvalue weighted by Gasteiger charge is 2.16. The number of hydrogen-bond donors (Lipinski definition) is 2. The summed E-state index contributed by atoms with van der Waals surface area (Å²) in [5.41, 5.74) is 9.46. The van der Waals surface area contributed by atoms with E-state index < -0.39 is 0 Å². The maximum absolute atomic E-state index is 4.63. The summed E-state index contributed by atoms with van der Waals surface area (Å²) >= 11 is 0. The molecule has 2 N–H and O–H groups in total. The lowest BCUT2D eigenvalue weighted by atomic mass is 10.1. The number of fused-ring (bicyclic) bond motifs is 1. The molecule has 18 heavy (non-hydrogen) atoms. The molecule has 0 atom stereocenters. The Bertz CT molecular complexity index is 577. The monoisotopic (exact) mass is 238 g/mol. The Balaban J connectivity index is 2.05. The molecule has 0 bridgehead atoms. The van der Waals surface area contributed by atoms with E-state index in [2.05, 4.69) is 15.8 Å². The molecule has 0 spiro atoms. The zero-order valence-corrected chi connectivity index (χ0v) is 10.1. The average molecular weight is 238 g/mol. The first-order valence-electron chi connectivity index (χ1n) is 5.83. The van der Waals surface area contributed by atoms with E-state index >= 15 is 0 Å². The van der Waals surface area contributed by atoms with Gasteiger partial charge >= 0.3 is 0 Å². The lowest BCUT2D eigenvalue weighted by Gasteiger charge is -2.29. The Hall–Kier alpha value is -2.33. The van der Waals surface area contributed by atoms with E-state index in [1.165, 1.54) is 0 Å². The number of rotatable bonds is 1. The molecule has 2 aromatic rings. The number of hydrazine groups is 2. The summed E-state index contributed by atoms with van der Waals surface area (Å²) in [6, 6.07) is 18.0. The number of nitrogens with one attached hydrogen (secondary N) is 2. The quantitative estimate of drug-likeness (QED) is 0.802. The minimum absolute atomic E-state index is 0.845. The van der Waals surface area contributed by atoms with E-state index in [1.807, 2.05) is 61.6 Å². The molecule has 90 valence electrons. The smallest absolute Gasteiger partial charge is 0.151 e. The summed E-state index contributed by atoms with van der Waals surface area (Å²) < 4.78 is 0. The van der Waals surface area contributed by atoms with Crippen molar-refractivity contribution in [3.05, 3.63) is 60.2 Å². The van der Waals surface area contributed by atoms with Crippen molar-refractivity contribution in [1.29, 1.82) is 0 Å². The van der Waals surface area contributed by atoms with Gasteiger partial charge < -0.3 is 5.43 Å². The fourth-order valence-corrected chi connectivity index (χ4v) is 1.93. The van der Waals surface area contributed by atoms with E-state index in [0.717, 1.165) is 22.8 Å². The van der Waals surface area contributed by atoms with Gasteiger partial charge in [0.1, 0.15) is 0 Å². The van der Waals surface area contributed by atoms with Gasteiger partial charge in [0.05, 0.1) is 11.4 Å². The molecule has 1 aliphatic rings. The molecule has 1 heterocycles. The van der Waals surface area contributed by atoms with Crippen LogP contribution in [0.25, 0.3) is 0 Å². The number of para-hydroxylation sites is 2. The number of amidine groups is 1. The topological polar surface area (TPSA) is 39.7 Å². The predicted molar refractivity (Wildman–Crippen MR) is 73.6 cm³/mol. The van der Waals surface area contributed by atoms with Crippen LogP contribution < -0.4 is 10.9 Å². The molecule has 2 aromatic carbocycles. The second kappa shape index (κ2) is 4.50. The van der Waals surface area contributed by atoms with Crippen molar-refractivity contribution in [1.82, 2.24) is 10.5 Å². The third-order valence-corrected chi connectivity index (χ3v) is 2.74. The SMILES string of the molecule is CN1NC(=Nc2ccccc2)c2ccccc2N1. The largest absolute Gasteiger partial charge is 0.301 e. The van der Waals surface area contributed by atoms with E-state index in [1.54, 1.807) is 5.12 Å². The molecule has 0 aromatic heterocycles. The Morgan fingerprint density at radius 1 is 0.889 bits per heavy atom. The van der Waals surface area contributed by atoms with Gasteiger partial charge in [-0.15, -0.1) is 5.12 Å². The summed E-state index contributed by atoms with van der Waals surface area (Å²) in [5, 5.41) is 1.80. The van der Waals surface area contributed by atoms with Crippen molar-refractivity contribution in [2.75, 3.05) is 12.5 Å². The highest BCUT2D eigenvalue weighted by molar-refractivity contribution is 6.05. The van der Waals surface area contributed by atoms with Crippen molar-refractivity contribution in [2.45, 2.75) is 0 Å². The van der Waals surface area contributed by atoms with Crippen LogP contribution in [-0.4, -0.2) is 18.0 Å². The minimum Gasteiger partial charge on any atom is -0.301 e. The minimum atomic E-state index is 0.845. The summed E-state index contributed by atoms with van der Waals surface area (Å²) in [7, 11) is 1.91. The lowest BCUT2D eigenvalue weighted by Crippen LogP contribution is -2.47. The van der Waals surface area contributed by atoms with Gasteiger partial charge in [-0.25, -0.2) is 4.99 Å². The van der Waals surface area contributed by atoms with Crippen molar-refractivity contribution < 1.29 is 0 Å². The molecule has 4 heteroatoms. The second-order valence-electron chi connectivity index (χ2n) is 4.12. The molecule has 0 saturated carbocycles. The van der Waals surface area contributed by atoms with Crippen LogP contribution in [0.3, 0.4) is 0 Å². The van der Waals surface area contributed by atoms with Crippen LogP contribution in [0.15, 0.2) is 59.6 Å². The number of anilines is 1. The average Bonchev–Trinajstić information content (AvgIpc) is 2.40. The van der Waals surface area contributed by atoms with Crippen LogP contribution >= 0.6 is 0 Å². The normalized spacial score (nSPS) is 16.8. The van der Waals surface area contributed by atoms with Gasteiger partial charge in [0.25, 0.3) is 0 Å². The first-order valence-corrected chi connectivity index (χ1v) is 5.83. The van der Waals surface area contributed by atoms with Crippen LogP contribution in [0.1, 0.15) is 5.56 Å². The van der Waals surface area contributed by atoms with Crippen LogP contribution in [0.4, 0.5) is 11.4 Å². The van der Waals surface area contributed by atoms with Gasteiger partial charge in [0.15, 0.2) is 5.84 Å². The van der Waals surface area contributed by atoms with E-state index in [4.69, 9.17) is 0 Å². The molecule has 3 rings (SSSR count). The molecule has 4 nitrogen and oxygen atoms in total. The first kappa shape index (κ1) is 10.8. The molecular formula is C14H14N4. The Labute approximate surface area is 106 Å². The van der Waals surface area contributed by atoms with Gasteiger partial charge in [-0.1, -0.05) is 30.3 Å². The standard InChI is InChI=1S/C14H14N4/c1-18-16-13-10-6-5-9-12(13)14(17-18)15-11-7-3-2-4-8-11/h2-10,16H,1H3,(H,15,17). The Morgan fingerprint density at radius 2 is 1.61 bits per heavy atom. The van der Waals surface area contributed by atoms with Crippen molar-refractivity contribution >= 4 is 17.2 Å². The Morgan fingerprint density at radius 3 is 2.44 bits per heavy atom. The van der Waals surface area contributed by atoms with Crippen LogP contribution in [0, 0.1) is 0 Å². The third-order valence-electron chi connectivity index (χ3n) is 2.74. The predicted octanol–water partition coefficient (Wildman–Crippen LogP) is 2.54. The zero-order chi connectivity index (χ0) is 12.4. The van der Waals surface area contributed by atoms with Gasteiger partial charge in [0, 0.05) is 12.6 Å². The van der Waals surface area contributed by atoms with Gasteiger partial charge in [-0.3, -0.25) is 5.43 Å². The van der Waals surface area contributed by atoms with E-state index in [-0.39, 0.29) is 0 Å². The van der Waals surface area contributed by atoms with Crippen molar-refractivity contribution in [3.8, 4) is 0 Å². The van der Waals surface area contributed by atoms with Gasteiger partial charge in [-0.05, 0) is 24.3 Å². The summed E-state index contributed by atoms with van der Waals surface area (Å²) in [4.78, 5) is 4.63. The lowest BCUT2D eigenvalue weighted by molar-refractivity contribution is 0.350. The van der Waals surface area contributed by atoms with Gasteiger partial charge in [0.2, 0.25) is 0 Å². The van der Waals surface area contributed by atoms with Crippen LogP contribution in [0.2, 0.25) is 0 Å². The summed E-state index contributed by atoms with van der Waals surface area (Å²) in [6.45, 7) is 0. The molecule has 0 fully saturated rings. The molecule has 0 unspecified atom stereocenters. The molecule has 1 aliphatic heterocycles. The summed E-state index contributed by atoms with van der Waals surface area (Å²) in [6.07, 6.45) is 0. The van der Waals surface area contributed by atoms with Crippen molar-refractivity contribution in [3.63, 3.8) is 0 Å². The van der Waals surface area contributed by atoms with E-state index in [0.29, 0.717) is 0 Å². The molecule has 0 aliphatic carbocycles. The maximum atomic E-state index is 4.63. The highest BCUT2D eigenvalue weighted by Crippen LogP contribution is 2.21. The van der Waals surface area contributed by atoms with Crippen molar-refractivity contribution in [2.24, 2.45) is 4.99 Å². The van der Waals surface area contributed by atoms with Crippen LogP contribution in [0.5, 0.6) is 0 Å². The van der Waals surface area contributed by atoms with E-state index in [9.17, 15) is 0 Å². The Kier molecular flexibility index (Phi) is 2.70. The van der Waals surface area contributed by atoms with Crippen LogP contribution in [-0.2, 0) is 0 Å². The third kappa shape index (κ3) is 2.06. The first-order chi connectivity index (χ1) is 8.83. The zero-order valence-electron chi connectivity index (χ0n) is 10.1. The number of nitrogens with zero attached hydrogens (tertiary/aromatic N) is 2. The molecule has 0 saturated heterocycles. The fourth-order valence-electron chi connectivity index (χ4n) is 1.93. The number of hydrogen-bond acceptors (Lipinski definition) is 3.